The van der Waals surface area contributed by atoms with Gasteiger partial charge >= 0.3 is 6.09 Å². The van der Waals surface area contributed by atoms with Crippen molar-refractivity contribution in [2.75, 3.05) is 13.1 Å². The summed E-state index contributed by atoms with van der Waals surface area (Å²) in [5.41, 5.74) is 6.40. The number of hydrogen-bond donors (Lipinski definition) is 2. The summed E-state index contributed by atoms with van der Waals surface area (Å²) in [6.45, 7) is 1.36. The highest BCUT2D eigenvalue weighted by Crippen LogP contribution is 2.37. The molecule has 5 atom stereocenters. The number of nitrogens with one attached hydrogen (secondary N) is 1. The molecule has 1 aromatic carbocycles. The fourth-order valence-corrected chi connectivity index (χ4v) is 4.40. The number of nitrogens with two attached hydrogens (primary N) is 1. The van der Waals surface area contributed by atoms with Crippen LogP contribution in [0.25, 0.3) is 0 Å². The number of carbonyl (C=O) groups is 1. The Morgan fingerprint density at radius 1 is 1.12 bits per heavy atom. The van der Waals surface area contributed by atoms with Crippen molar-refractivity contribution in [3.63, 3.8) is 0 Å². The van der Waals surface area contributed by atoms with Gasteiger partial charge in [-0.1, -0.05) is 0 Å². The Bertz CT molecular complexity index is 686. The lowest BCUT2D eigenvalue weighted by Gasteiger charge is -2.39. The van der Waals surface area contributed by atoms with Gasteiger partial charge in [-0.05, 0) is 30.9 Å². The van der Waals surface area contributed by atoms with Crippen molar-refractivity contribution < 1.29 is 22.7 Å². The third-order valence-electron chi connectivity index (χ3n) is 5.68. The van der Waals surface area contributed by atoms with Crippen LogP contribution in [0.3, 0.4) is 0 Å². The highest BCUT2D eigenvalue weighted by Gasteiger charge is 2.45. The minimum absolute atomic E-state index is 0.00471. The number of carbonyl (C=O) groups excluding carboxylic acids is 1. The van der Waals surface area contributed by atoms with E-state index in [-0.39, 0.29) is 41.8 Å². The summed E-state index contributed by atoms with van der Waals surface area (Å²) in [6, 6.07) is 1.40. The Kier molecular flexibility index (Phi) is 4.11. The van der Waals surface area contributed by atoms with Crippen molar-refractivity contribution in [1.29, 1.82) is 0 Å². The molecular formula is C17H20F3N3O2. The van der Waals surface area contributed by atoms with Gasteiger partial charge in [0.1, 0.15) is 11.9 Å². The zero-order chi connectivity index (χ0) is 17.7. The zero-order valence-corrected chi connectivity index (χ0v) is 13.6. The van der Waals surface area contributed by atoms with Gasteiger partial charge in [0.15, 0.2) is 11.6 Å². The Morgan fingerprint density at radius 2 is 1.88 bits per heavy atom. The Labute approximate surface area is 143 Å². The molecule has 1 amide bonds. The molecule has 0 bridgehead atoms. The number of hydrogen-bond acceptors (Lipinski definition) is 4. The Morgan fingerprint density at radius 3 is 2.60 bits per heavy atom. The SMILES string of the molecule is N[C@H]1C[C@@H](N2C[C@@H]3NC(=O)O[C@@H]3C2)CCC1c1cc(F)c(F)cc1F. The summed E-state index contributed by atoms with van der Waals surface area (Å²) in [5.74, 6) is -3.31. The van der Waals surface area contributed by atoms with Crippen LogP contribution in [-0.2, 0) is 4.74 Å². The van der Waals surface area contributed by atoms with Crippen molar-refractivity contribution >= 4 is 6.09 Å². The summed E-state index contributed by atoms with van der Waals surface area (Å²) in [5, 5.41) is 2.79. The molecule has 8 heteroatoms. The molecule has 2 aliphatic heterocycles. The lowest BCUT2D eigenvalue weighted by atomic mass is 9.77. The molecule has 0 spiro atoms. The number of benzene rings is 1. The standard InChI is InChI=1S/C17H20F3N3O2/c18-11-5-13(20)12(19)4-10(11)9-2-1-8(3-14(9)21)23-6-15-16(7-23)25-17(24)22-15/h4-5,8-9,14-16H,1-3,6-7,21H2,(H,22,24)/t8-,9?,14-,15-,16+/m0/s1. The molecule has 3 aliphatic rings. The molecule has 136 valence electrons. The second kappa shape index (κ2) is 6.17. The van der Waals surface area contributed by atoms with Crippen molar-refractivity contribution in [2.45, 2.75) is 49.4 Å². The lowest BCUT2D eigenvalue weighted by molar-refractivity contribution is 0.110. The predicted molar refractivity (Wildman–Crippen MR) is 83.4 cm³/mol. The molecule has 1 unspecified atom stereocenters. The lowest BCUT2D eigenvalue weighted by Crippen LogP contribution is -2.46. The van der Waals surface area contributed by atoms with Crippen LogP contribution in [0.4, 0.5) is 18.0 Å². The van der Waals surface area contributed by atoms with Gasteiger partial charge in [0, 0.05) is 37.2 Å². The molecule has 4 rings (SSSR count). The van der Waals surface area contributed by atoms with Crippen molar-refractivity contribution in [3.8, 4) is 0 Å². The van der Waals surface area contributed by atoms with Gasteiger partial charge in [-0.2, -0.15) is 0 Å². The van der Waals surface area contributed by atoms with Crippen LogP contribution in [0.15, 0.2) is 12.1 Å². The van der Waals surface area contributed by atoms with E-state index in [0.717, 1.165) is 12.5 Å². The quantitative estimate of drug-likeness (QED) is 0.795. The van der Waals surface area contributed by atoms with Gasteiger partial charge < -0.3 is 15.8 Å². The summed E-state index contributed by atoms with van der Waals surface area (Å²) < 4.78 is 45.9. The van der Waals surface area contributed by atoms with E-state index in [0.29, 0.717) is 32.0 Å². The first kappa shape index (κ1) is 16.7. The molecule has 0 aromatic heterocycles. The third kappa shape index (κ3) is 2.97. The van der Waals surface area contributed by atoms with Gasteiger partial charge in [-0.15, -0.1) is 0 Å². The normalized spacial score (nSPS) is 35.4. The molecule has 25 heavy (non-hydrogen) atoms. The topological polar surface area (TPSA) is 67.6 Å². The number of fused-ring (bicyclic) bond motifs is 1. The number of ether oxygens (including phenoxy) is 1. The van der Waals surface area contributed by atoms with E-state index < -0.39 is 17.5 Å². The van der Waals surface area contributed by atoms with E-state index in [2.05, 4.69) is 10.2 Å². The maximum atomic E-state index is 14.0. The number of nitrogens with zero attached hydrogens (tertiary/aromatic N) is 1. The predicted octanol–water partition coefficient (Wildman–Crippen LogP) is 1.86. The van der Waals surface area contributed by atoms with E-state index in [1.807, 2.05) is 0 Å². The molecule has 1 aliphatic carbocycles. The highest BCUT2D eigenvalue weighted by molar-refractivity contribution is 5.70. The number of alkyl carbamates (subject to hydrolysis) is 1. The van der Waals surface area contributed by atoms with E-state index in [1.165, 1.54) is 0 Å². The van der Waals surface area contributed by atoms with Crippen LogP contribution in [-0.4, -0.2) is 48.3 Å². The van der Waals surface area contributed by atoms with Crippen LogP contribution in [0.2, 0.25) is 0 Å². The van der Waals surface area contributed by atoms with Crippen molar-refractivity contribution in [1.82, 2.24) is 10.2 Å². The number of halogens is 3. The molecule has 1 saturated carbocycles. The minimum Gasteiger partial charge on any atom is -0.443 e. The number of likely N-dealkylation sites (tertiary alicyclic amines) is 1. The Balaban J connectivity index is 1.43. The number of amides is 1. The second-order valence-corrected chi connectivity index (χ2v) is 7.17. The van der Waals surface area contributed by atoms with Gasteiger partial charge in [0.2, 0.25) is 0 Å². The monoisotopic (exact) mass is 355 g/mol. The fraction of sp³-hybridized carbons (Fsp3) is 0.588. The molecule has 1 aromatic rings. The molecule has 3 fully saturated rings. The van der Waals surface area contributed by atoms with Gasteiger partial charge in [-0.25, -0.2) is 18.0 Å². The van der Waals surface area contributed by atoms with Crippen LogP contribution < -0.4 is 11.1 Å². The van der Waals surface area contributed by atoms with Crippen LogP contribution in [0, 0.1) is 17.5 Å². The molecule has 5 nitrogen and oxygen atoms in total. The van der Waals surface area contributed by atoms with Gasteiger partial charge in [-0.3, -0.25) is 4.90 Å². The van der Waals surface area contributed by atoms with Crippen molar-refractivity contribution in [2.24, 2.45) is 5.73 Å². The largest absolute Gasteiger partial charge is 0.443 e. The smallest absolute Gasteiger partial charge is 0.407 e. The first-order chi connectivity index (χ1) is 11.9. The second-order valence-electron chi connectivity index (χ2n) is 7.17. The minimum atomic E-state index is -1.19. The van der Waals surface area contributed by atoms with E-state index in [9.17, 15) is 18.0 Å². The molecule has 2 heterocycles. The maximum Gasteiger partial charge on any atom is 0.407 e. The average molecular weight is 355 g/mol. The fourth-order valence-electron chi connectivity index (χ4n) is 4.40. The first-order valence-electron chi connectivity index (χ1n) is 8.53. The summed E-state index contributed by atoms with van der Waals surface area (Å²) in [4.78, 5) is 13.5. The number of rotatable bonds is 2. The molecule has 0 radical (unpaired) electrons. The van der Waals surface area contributed by atoms with Crippen LogP contribution in [0.5, 0.6) is 0 Å². The highest BCUT2D eigenvalue weighted by atomic mass is 19.2. The Hall–Kier alpha value is -1.80. The maximum absolute atomic E-state index is 14.0. The van der Waals surface area contributed by atoms with Crippen LogP contribution in [0.1, 0.15) is 30.7 Å². The van der Waals surface area contributed by atoms with Gasteiger partial charge in [0.05, 0.1) is 6.04 Å². The third-order valence-corrected chi connectivity index (χ3v) is 5.68. The molecule has 3 N–H and O–H groups in total. The van der Waals surface area contributed by atoms with Gasteiger partial charge in [0.25, 0.3) is 0 Å². The summed E-state index contributed by atoms with van der Waals surface area (Å²) in [6.07, 6.45) is 1.52. The first-order valence-corrected chi connectivity index (χ1v) is 8.53. The van der Waals surface area contributed by atoms with E-state index in [1.54, 1.807) is 0 Å². The molecular weight excluding hydrogens is 335 g/mol. The summed E-state index contributed by atoms with van der Waals surface area (Å²) >= 11 is 0. The van der Waals surface area contributed by atoms with E-state index >= 15 is 0 Å². The zero-order valence-electron chi connectivity index (χ0n) is 13.6. The average Bonchev–Trinajstić information content (AvgIpc) is 3.08. The summed E-state index contributed by atoms with van der Waals surface area (Å²) in [7, 11) is 0. The van der Waals surface area contributed by atoms with Crippen LogP contribution >= 0.6 is 0 Å². The van der Waals surface area contributed by atoms with E-state index in [4.69, 9.17) is 10.5 Å². The molecule has 2 saturated heterocycles. The van der Waals surface area contributed by atoms with Crippen molar-refractivity contribution in [3.05, 3.63) is 35.1 Å².